The van der Waals surface area contributed by atoms with Crippen LogP contribution >= 0.6 is 0 Å². The summed E-state index contributed by atoms with van der Waals surface area (Å²) >= 11 is 0. The molecular formula is C58H77N4O9Si+. The number of nitrogens with zero attached hydrogens (tertiary/aromatic N) is 3. The fourth-order valence-electron chi connectivity index (χ4n) is 15.9. The van der Waals surface area contributed by atoms with Crippen molar-refractivity contribution in [2.75, 3.05) is 66.0 Å². The van der Waals surface area contributed by atoms with E-state index in [-0.39, 0.29) is 17.0 Å². The second kappa shape index (κ2) is 17.3. The fraction of sp³-hybridized carbons (Fsp3) is 0.569. The minimum absolute atomic E-state index is 0.0307. The smallest absolute Gasteiger partial charge is 0.344 e. The molecule has 0 amide bonds. The van der Waals surface area contributed by atoms with Gasteiger partial charge in [-0.25, -0.2) is 4.79 Å². The Hall–Kier alpha value is -4.99. The van der Waals surface area contributed by atoms with Crippen molar-refractivity contribution < 1.29 is 47.3 Å². The summed E-state index contributed by atoms with van der Waals surface area (Å²) in [6.07, 6.45) is 5.74. The number of piperidine rings is 1. The lowest BCUT2D eigenvalue weighted by atomic mass is 9.47. The largest absolute Gasteiger partial charge is 0.496 e. The van der Waals surface area contributed by atoms with Gasteiger partial charge in [0.1, 0.15) is 29.9 Å². The van der Waals surface area contributed by atoms with E-state index in [2.05, 4.69) is 117 Å². The Balaban J connectivity index is 1.26. The van der Waals surface area contributed by atoms with E-state index < -0.39 is 65.8 Å². The Bertz CT molecular complexity index is 2840. The highest BCUT2D eigenvalue weighted by Crippen LogP contribution is 2.68. The van der Waals surface area contributed by atoms with Crippen molar-refractivity contribution in [3.63, 3.8) is 0 Å². The number of aliphatic hydroxyl groups is 1. The molecule has 14 heteroatoms. The molecule has 1 saturated carbocycles. The molecule has 2 N–H and O–H groups in total. The Morgan fingerprint density at radius 3 is 2.32 bits per heavy atom. The van der Waals surface area contributed by atoms with Crippen LogP contribution in [0.2, 0.25) is 18.1 Å². The molecule has 1 spiro atoms. The van der Waals surface area contributed by atoms with Gasteiger partial charge in [-0.1, -0.05) is 88.4 Å². The van der Waals surface area contributed by atoms with Crippen LogP contribution in [0.4, 0.5) is 5.69 Å². The maximum Gasteiger partial charge on any atom is 0.344 e. The molecule has 10 atom stereocenters. The van der Waals surface area contributed by atoms with Gasteiger partial charge >= 0.3 is 17.9 Å². The number of para-hydroxylation sites is 1. The number of hydrogen-bond donors (Lipinski definition) is 2. The van der Waals surface area contributed by atoms with Gasteiger partial charge in [0.25, 0.3) is 0 Å². The Morgan fingerprint density at radius 2 is 1.65 bits per heavy atom. The third kappa shape index (κ3) is 7.15. The Labute approximate surface area is 426 Å². The van der Waals surface area contributed by atoms with E-state index in [1.54, 1.807) is 7.11 Å². The SMILES string of the molecule is CC[C@]12C=CCN3CC[C@@]4(c5cc([C@@]6(C(=O)OC)C[C@@H]7C[C@](C)(O[Si](C)(C)C(C)(C)C)C[N+](Cc8ccccc8)(CCc8c6[nH]c6ccccc86)C7)c(OC)cc5N(C)[C@H]4[C@@](O)(C(=O)OC)[C@@H]1OC(C)=O)[C@@H]32. The molecule has 4 aromatic rings. The van der Waals surface area contributed by atoms with Gasteiger partial charge in [0, 0.05) is 89.2 Å². The van der Waals surface area contributed by atoms with E-state index in [0.717, 1.165) is 70.5 Å². The molecule has 5 aliphatic heterocycles. The van der Waals surface area contributed by atoms with E-state index in [1.807, 2.05) is 31.0 Å². The second-order valence-corrected chi connectivity index (χ2v) is 29.0. The number of ether oxygens (including phenoxy) is 4. The number of rotatable bonds is 10. The lowest BCUT2D eigenvalue weighted by Gasteiger charge is -2.63. The zero-order valence-corrected chi connectivity index (χ0v) is 45.6. The number of benzene rings is 3. The number of carbonyl (C=O) groups is 3. The first kappa shape index (κ1) is 50.5. The van der Waals surface area contributed by atoms with Crippen LogP contribution in [0.5, 0.6) is 5.75 Å². The lowest BCUT2D eigenvalue weighted by Crippen LogP contribution is -2.81. The third-order valence-corrected chi connectivity index (χ3v) is 23.7. The number of anilines is 1. The predicted molar refractivity (Wildman–Crippen MR) is 280 cm³/mol. The summed E-state index contributed by atoms with van der Waals surface area (Å²) in [5.41, 5.74) is 0.220. The average Bonchev–Trinajstić information content (AvgIpc) is 4.00. The molecule has 13 nitrogen and oxygen atoms in total. The number of aromatic nitrogens is 1. The molecule has 1 unspecified atom stereocenters. The van der Waals surface area contributed by atoms with Crippen LogP contribution in [0.15, 0.2) is 78.9 Å². The maximum atomic E-state index is 16.0. The summed E-state index contributed by atoms with van der Waals surface area (Å²) in [6, 6.07) is 22.1. The monoisotopic (exact) mass is 1000 g/mol. The van der Waals surface area contributed by atoms with Gasteiger partial charge in [-0.15, -0.1) is 0 Å². The summed E-state index contributed by atoms with van der Waals surface area (Å²) < 4.78 is 33.1. The van der Waals surface area contributed by atoms with Gasteiger partial charge < -0.3 is 42.8 Å². The van der Waals surface area contributed by atoms with Crippen LogP contribution in [-0.2, 0) is 56.8 Å². The predicted octanol–water partition coefficient (Wildman–Crippen LogP) is 8.35. The van der Waals surface area contributed by atoms with Crippen molar-refractivity contribution >= 4 is 42.8 Å². The molecule has 1 aromatic heterocycles. The fourth-order valence-corrected chi connectivity index (χ4v) is 17.6. The topological polar surface area (TPSA) is 140 Å². The van der Waals surface area contributed by atoms with Gasteiger partial charge in [-0.2, -0.15) is 0 Å². The molecule has 2 saturated heterocycles. The first-order chi connectivity index (χ1) is 34.0. The number of fused-ring (bicyclic) bond motifs is 6. The number of methoxy groups -OCH3 is 3. The highest BCUT2D eigenvalue weighted by atomic mass is 28.4. The van der Waals surface area contributed by atoms with Gasteiger partial charge in [-0.3, -0.25) is 14.5 Å². The number of esters is 3. The summed E-state index contributed by atoms with van der Waals surface area (Å²) in [5.74, 6) is -1.40. The number of carbonyl (C=O) groups excluding carboxylic acids is 3. The van der Waals surface area contributed by atoms with Crippen molar-refractivity contribution in [3.05, 3.63) is 107 Å². The summed E-state index contributed by atoms with van der Waals surface area (Å²) in [7, 11) is 3.99. The van der Waals surface area contributed by atoms with Gasteiger partial charge in [0.2, 0.25) is 5.60 Å². The molecule has 3 fully saturated rings. The Kier molecular flexibility index (Phi) is 12.1. The van der Waals surface area contributed by atoms with E-state index in [9.17, 15) is 14.7 Å². The summed E-state index contributed by atoms with van der Waals surface area (Å²) in [5, 5.41) is 14.6. The molecule has 10 rings (SSSR count). The standard InChI is InChI=1S/C58H77N4O9Si/c1-13-55-25-19-27-61-28-26-56(48(55)61)42-30-43(46(67-8)31-45(42)60(7)49(56)58(66,52(65)69-10)50(55)70-37(2)63)57(51(64)68-9)33-39-32-54(6,71-72(11,12)53(3,4)5)36-62(35-39,34-38-20-15-14-16-21-38)29-24-41-40-22-17-18-23-44(40)59-47(41)57/h14-23,25,30-31,39,48-50,59,66H,13,24,26-29,32-36H2,1-12H3/q+1/t39-,48-,49+,50+,54-,55+,56+,57-,58-,62?/m0/s1. The van der Waals surface area contributed by atoms with Crippen molar-refractivity contribution in [1.82, 2.24) is 9.88 Å². The van der Waals surface area contributed by atoms with Crippen LogP contribution in [0.3, 0.4) is 0 Å². The molecule has 6 aliphatic rings. The van der Waals surface area contributed by atoms with E-state index in [0.29, 0.717) is 50.1 Å². The summed E-state index contributed by atoms with van der Waals surface area (Å²) in [4.78, 5) is 52.2. The van der Waals surface area contributed by atoms with Crippen LogP contribution in [-0.4, -0.2) is 136 Å². The maximum absolute atomic E-state index is 16.0. The molecule has 1 aliphatic carbocycles. The molecular weight excluding hydrogens is 925 g/mol. The molecule has 0 radical (unpaired) electrons. The normalized spacial score (nSPS) is 33.9. The number of hydrogen-bond acceptors (Lipinski definition) is 11. The van der Waals surface area contributed by atoms with Crippen molar-refractivity contribution in [1.29, 1.82) is 0 Å². The van der Waals surface area contributed by atoms with Crippen LogP contribution in [0, 0.1) is 11.3 Å². The quantitative estimate of drug-likeness (QED) is 0.0521. The molecule has 2 bridgehead atoms. The minimum Gasteiger partial charge on any atom is -0.496 e. The molecule has 6 heterocycles. The molecule has 72 heavy (non-hydrogen) atoms. The first-order valence-electron chi connectivity index (χ1n) is 26.2. The molecule has 3 aromatic carbocycles. The summed E-state index contributed by atoms with van der Waals surface area (Å²) in [6.45, 7) is 21.9. The zero-order chi connectivity index (χ0) is 51.6. The average molecular weight is 1000 g/mol. The van der Waals surface area contributed by atoms with Gasteiger partial charge in [-0.05, 0) is 80.5 Å². The van der Waals surface area contributed by atoms with E-state index >= 15 is 4.79 Å². The second-order valence-electron chi connectivity index (χ2n) is 24.3. The Morgan fingerprint density at radius 1 is 0.944 bits per heavy atom. The first-order valence-corrected chi connectivity index (χ1v) is 29.1. The van der Waals surface area contributed by atoms with Crippen LogP contribution in [0.25, 0.3) is 10.9 Å². The van der Waals surface area contributed by atoms with Crippen LogP contribution in [0.1, 0.15) is 95.2 Å². The number of H-pyrrole nitrogens is 1. The number of nitrogens with one attached hydrogen (secondary N) is 1. The van der Waals surface area contributed by atoms with Gasteiger partial charge in [0.15, 0.2) is 14.4 Å². The zero-order valence-electron chi connectivity index (χ0n) is 44.6. The highest BCUT2D eigenvalue weighted by molar-refractivity contribution is 6.74. The van der Waals surface area contributed by atoms with Crippen LogP contribution < -0.4 is 9.64 Å². The lowest BCUT2D eigenvalue weighted by molar-refractivity contribution is -0.954. The minimum atomic E-state index is -2.34. The van der Waals surface area contributed by atoms with Gasteiger partial charge in [0.05, 0.1) is 40.5 Å². The number of likely N-dealkylation sites (N-methyl/N-ethyl adjacent to an activating group) is 1. The third-order valence-electron chi connectivity index (χ3n) is 19.1. The number of aromatic amines is 1. The highest BCUT2D eigenvalue weighted by Gasteiger charge is 2.80. The number of quaternary nitrogens is 1. The van der Waals surface area contributed by atoms with Crippen molar-refractivity contribution in [2.45, 2.75) is 139 Å². The molecule has 386 valence electrons. The van der Waals surface area contributed by atoms with Crippen molar-refractivity contribution in [2.24, 2.45) is 11.3 Å². The van der Waals surface area contributed by atoms with E-state index in [1.165, 1.54) is 26.7 Å². The van der Waals surface area contributed by atoms with Crippen molar-refractivity contribution in [3.8, 4) is 5.75 Å². The van der Waals surface area contributed by atoms with E-state index in [4.69, 9.17) is 23.4 Å².